The van der Waals surface area contributed by atoms with Crippen LogP contribution in [0.5, 0.6) is 0 Å². The topological polar surface area (TPSA) is 62.5 Å². The van der Waals surface area contributed by atoms with Gasteiger partial charge in [-0.3, -0.25) is 4.79 Å². The number of halogens is 1. The van der Waals surface area contributed by atoms with Gasteiger partial charge in [0.2, 0.25) is 0 Å². The Labute approximate surface area is 105 Å². The molecule has 6 heteroatoms. The zero-order valence-corrected chi connectivity index (χ0v) is 10.9. The highest BCUT2D eigenvalue weighted by molar-refractivity contribution is 6.31. The molecule has 0 fully saturated rings. The zero-order chi connectivity index (χ0) is 13.4. The van der Waals surface area contributed by atoms with Crippen molar-refractivity contribution < 1.29 is 14.7 Å². The number of nitrogens with zero attached hydrogens (tertiary/aromatic N) is 2. The van der Waals surface area contributed by atoms with Crippen molar-refractivity contribution in [1.82, 2.24) is 9.47 Å². The van der Waals surface area contributed by atoms with Crippen LogP contribution in [0, 0.1) is 0 Å². The summed E-state index contributed by atoms with van der Waals surface area (Å²) >= 11 is 5.78. The van der Waals surface area contributed by atoms with Crippen LogP contribution in [-0.4, -0.2) is 39.0 Å². The highest BCUT2D eigenvalue weighted by atomic mass is 35.5. The van der Waals surface area contributed by atoms with E-state index in [-0.39, 0.29) is 5.91 Å². The van der Waals surface area contributed by atoms with E-state index >= 15 is 0 Å². The molecule has 17 heavy (non-hydrogen) atoms. The SMILES string of the molecule is CN(C(=O)c1cc(Cl)cn1C)C(C)(C)C(=O)O. The highest BCUT2D eigenvalue weighted by Gasteiger charge is 2.36. The Balaban J connectivity index is 3.06. The number of carboxylic acids is 1. The van der Waals surface area contributed by atoms with Crippen molar-refractivity contribution in [2.24, 2.45) is 7.05 Å². The van der Waals surface area contributed by atoms with Gasteiger partial charge in [-0.1, -0.05) is 11.6 Å². The summed E-state index contributed by atoms with van der Waals surface area (Å²) in [6, 6.07) is 1.51. The third-order valence-electron chi connectivity index (χ3n) is 2.86. The fourth-order valence-electron chi connectivity index (χ4n) is 1.31. The molecule has 1 aromatic rings. The van der Waals surface area contributed by atoms with Crippen molar-refractivity contribution >= 4 is 23.5 Å². The number of carboxylic acid groups (broad SMARTS) is 1. The molecule has 1 aromatic heterocycles. The molecule has 0 unspecified atom stereocenters. The van der Waals surface area contributed by atoms with Crippen LogP contribution < -0.4 is 0 Å². The molecule has 0 spiro atoms. The molecular weight excluding hydrogens is 244 g/mol. The number of hydrogen-bond donors (Lipinski definition) is 1. The molecular formula is C11H15ClN2O3. The second-order valence-corrected chi connectivity index (χ2v) is 4.82. The van der Waals surface area contributed by atoms with E-state index in [4.69, 9.17) is 16.7 Å². The quantitative estimate of drug-likeness (QED) is 0.896. The lowest BCUT2D eigenvalue weighted by molar-refractivity contribution is -0.147. The summed E-state index contributed by atoms with van der Waals surface area (Å²) < 4.78 is 1.57. The van der Waals surface area contributed by atoms with E-state index in [1.807, 2.05) is 0 Å². The van der Waals surface area contributed by atoms with E-state index in [2.05, 4.69) is 0 Å². The normalized spacial score (nSPS) is 11.4. The van der Waals surface area contributed by atoms with Crippen molar-refractivity contribution in [2.45, 2.75) is 19.4 Å². The van der Waals surface area contributed by atoms with Crippen LogP contribution >= 0.6 is 11.6 Å². The summed E-state index contributed by atoms with van der Waals surface area (Å²) in [5, 5.41) is 9.50. The summed E-state index contributed by atoms with van der Waals surface area (Å²) in [4.78, 5) is 24.4. The number of rotatable bonds is 3. The van der Waals surface area contributed by atoms with Crippen molar-refractivity contribution in [2.75, 3.05) is 7.05 Å². The highest BCUT2D eigenvalue weighted by Crippen LogP contribution is 2.19. The molecule has 0 bridgehead atoms. The van der Waals surface area contributed by atoms with Crippen LogP contribution in [0.1, 0.15) is 24.3 Å². The second-order valence-electron chi connectivity index (χ2n) is 4.38. The first-order chi connectivity index (χ1) is 7.67. The third-order valence-corrected chi connectivity index (χ3v) is 3.06. The van der Waals surface area contributed by atoms with Gasteiger partial charge in [0.05, 0.1) is 5.02 Å². The molecule has 1 rings (SSSR count). The predicted molar refractivity (Wildman–Crippen MR) is 64.2 cm³/mol. The van der Waals surface area contributed by atoms with Crippen LogP contribution in [0.4, 0.5) is 0 Å². The largest absolute Gasteiger partial charge is 0.480 e. The summed E-state index contributed by atoms with van der Waals surface area (Å²) in [7, 11) is 3.14. The Morgan fingerprint density at radius 1 is 1.47 bits per heavy atom. The van der Waals surface area contributed by atoms with Crippen LogP contribution in [0.15, 0.2) is 12.3 Å². The van der Waals surface area contributed by atoms with Gasteiger partial charge in [-0.2, -0.15) is 0 Å². The van der Waals surface area contributed by atoms with E-state index in [1.54, 1.807) is 17.8 Å². The molecule has 0 saturated carbocycles. The number of carbonyl (C=O) groups is 2. The molecule has 5 nitrogen and oxygen atoms in total. The molecule has 0 saturated heterocycles. The Bertz CT molecular complexity index is 465. The van der Waals surface area contributed by atoms with Gasteiger partial charge in [0.25, 0.3) is 5.91 Å². The van der Waals surface area contributed by atoms with Crippen molar-refractivity contribution in [1.29, 1.82) is 0 Å². The van der Waals surface area contributed by atoms with Gasteiger partial charge >= 0.3 is 5.97 Å². The lowest BCUT2D eigenvalue weighted by Gasteiger charge is -2.31. The van der Waals surface area contributed by atoms with E-state index in [0.717, 1.165) is 0 Å². The Hall–Kier alpha value is -1.49. The van der Waals surface area contributed by atoms with Crippen LogP contribution in [0.25, 0.3) is 0 Å². The fraction of sp³-hybridized carbons (Fsp3) is 0.455. The molecule has 0 aliphatic rings. The minimum atomic E-state index is -1.27. The first-order valence-electron chi connectivity index (χ1n) is 5.01. The summed E-state index contributed by atoms with van der Waals surface area (Å²) in [5.74, 6) is -1.44. The van der Waals surface area contributed by atoms with Gasteiger partial charge in [-0.25, -0.2) is 4.79 Å². The summed E-state index contributed by atoms with van der Waals surface area (Å²) in [5.41, 5.74) is -0.916. The maximum atomic E-state index is 12.1. The van der Waals surface area contributed by atoms with Crippen molar-refractivity contribution in [3.8, 4) is 0 Å². The fourth-order valence-corrected chi connectivity index (χ4v) is 1.56. The lowest BCUT2D eigenvalue weighted by Crippen LogP contribution is -2.51. The molecule has 0 atom stereocenters. The van der Waals surface area contributed by atoms with Gasteiger partial charge in [0.1, 0.15) is 11.2 Å². The van der Waals surface area contributed by atoms with E-state index in [1.165, 1.54) is 31.9 Å². The van der Waals surface area contributed by atoms with E-state index < -0.39 is 11.5 Å². The molecule has 0 aromatic carbocycles. The average Bonchev–Trinajstić information content (AvgIpc) is 2.55. The number of aliphatic carboxylic acids is 1. The van der Waals surface area contributed by atoms with Gasteiger partial charge in [-0.15, -0.1) is 0 Å². The Morgan fingerprint density at radius 3 is 2.35 bits per heavy atom. The molecule has 94 valence electrons. The van der Waals surface area contributed by atoms with Crippen molar-refractivity contribution in [3.05, 3.63) is 23.0 Å². The number of carbonyl (C=O) groups excluding carboxylic acids is 1. The Kier molecular flexibility index (Phi) is 3.52. The van der Waals surface area contributed by atoms with E-state index in [0.29, 0.717) is 10.7 Å². The average molecular weight is 259 g/mol. The van der Waals surface area contributed by atoms with E-state index in [9.17, 15) is 9.59 Å². The molecule has 0 aliphatic heterocycles. The zero-order valence-electron chi connectivity index (χ0n) is 10.2. The monoisotopic (exact) mass is 258 g/mol. The molecule has 1 heterocycles. The van der Waals surface area contributed by atoms with Crippen LogP contribution in [0.2, 0.25) is 5.02 Å². The maximum Gasteiger partial charge on any atom is 0.329 e. The van der Waals surface area contributed by atoms with Crippen LogP contribution in [-0.2, 0) is 11.8 Å². The smallest absolute Gasteiger partial charge is 0.329 e. The summed E-state index contributed by atoms with van der Waals surface area (Å²) in [6.45, 7) is 2.94. The van der Waals surface area contributed by atoms with Gasteiger partial charge in [-0.05, 0) is 19.9 Å². The minimum absolute atomic E-state index is 0.354. The molecule has 1 amide bonds. The second kappa shape index (κ2) is 4.41. The van der Waals surface area contributed by atoms with Gasteiger partial charge in [0.15, 0.2) is 0 Å². The number of amides is 1. The standard InChI is InChI=1S/C11H15ClN2O3/c1-11(2,10(16)17)14(4)9(15)8-5-7(12)6-13(8)3/h5-6H,1-4H3,(H,16,17). The van der Waals surface area contributed by atoms with Crippen LogP contribution in [0.3, 0.4) is 0 Å². The first-order valence-corrected chi connectivity index (χ1v) is 5.39. The number of aryl methyl sites for hydroxylation is 1. The maximum absolute atomic E-state index is 12.1. The number of likely N-dealkylation sites (N-methyl/N-ethyl adjacent to an activating group) is 1. The number of hydrogen-bond acceptors (Lipinski definition) is 2. The third kappa shape index (κ3) is 2.44. The lowest BCUT2D eigenvalue weighted by atomic mass is 10.0. The van der Waals surface area contributed by atoms with Gasteiger partial charge in [0, 0.05) is 20.3 Å². The molecule has 0 aliphatic carbocycles. The van der Waals surface area contributed by atoms with Crippen molar-refractivity contribution in [3.63, 3.8) is 0 Å². The molecule has 0 radical (unpaired) electrons. The van der Waals surface area contributed by atoms with Gasteiger partial charge < -0.3 is 14.6 Å². The Morgan fingerprint density at radius 2 is 2.00 bits per heavy atom. The predicted octanol–water partition coefficient (Wildman–Crippen LogP) is 1.61. The number of aromatic nitrogens is 1. The first kappa shape index (κ1) is 13.6. The molecule has 1 N–H and O–H groups in total. The summed E-state index contributed by atoms with van der Waals surface area (Å²) in [6.07, 6.45) is 1.59. The minimum Gasteiger partial charge on any atom is -0.480 e.